The smallest absolute Gasteiger partial charge is 0.200 e. The number of pyridine rings is 1. The maximum atomic E-state index is 13.9. The van der Waals surface area contributed by atoms with Crippen LogP contribution in [0.5, 0.6) is 0 Å². The van der Waals surface area contributed by atoms with Gasteiger partial charge in [0.2, 0.25) is 5.43 Å². The third kappa shape index (κ3) is 3.62. The van der Waals surface area contributed by atoms with E-state index in [2.05, 4.69) is 0 Å². The average molecular weight is 379 g/mol. The first-order valence-corrected chi connectivity index (χ1v) is 9.55. The molecule has 1 saturated heterocycles. The molecule has 1 aliphatic rings. The molecule has 1 atom stereocenters. The van der Waals surface area contributed by atoms with Gasteiger partial charge in [0.25, 0.3) is 0 Å². The van der Waals surface area contributed by atoms with Gasteiger partial charge in [0.05, 0.1) is 17.7 Å². The number of aromatic nitrogens is 1. The Bertz CT molecular complexity index is 1080. The second-order valence-electron chi connectivity index (χ2n) is 7.46. The predicted octanol–water partition coefficient (Wildman–Crippen LogP) is 4.11. The second-order valence-corrected chi connectivity index (χ2v) is 7.46. The molecule has 0 aliphatic carbocycles. The van der Waals surface area contributed by atoms with Crippen molar-refractivity contribution < 1.29 is 13.9 Å². The Labute approximate surface area is 162 Å². The van der Waals surface area contributed by atoms with Crippen LogP contribution < -0.4 is 5.43 Å². The summed E-state index contributed by atoms with van der Waals surface area (Å²) in [7, 11) is 0. The molecule has 1 aliphatic heterocycles. The van der Waals surface area contributed by atoms with E-state index in [4.69, 9.17) is 4.74 Å². The molecule has 5 heteroatoms. The molecule has 4 rings (SSSR count). The molecule has 0 N–H and O–H groups in total. The van der Waals surface area contributed by atoms with Gasteiger partial charge >= 0.3 is 0 Å². The molecule has 3 aromatic rings. The first kappa shape index (κ1) is 18.6. The lowest BCUT2D eigenvalue weighted by Crippen LogP contribution is -2.25. The van der Waals surface area contributed by atoms with Crippen LogP contribution in [0, 0.1) is 18.7 Å². The average Bonchev–Trinajstić information content (AvgIpc) is 2.71. The molecular weight excluding hydrogens is 357 g/mol. The first-order valence-electron chi connectivity index (χ1n) is 9.55. The SMILES string of the molecule is Cc1ccc(C(=O)c2cn(CC3CCCOC3)c3ccc(F)cc3c2=O)cc1. The highest BCUT2D eigenvalue weighted by Crippen LogP contribution is 2.21. The molecule has 0 radical (unpaired) electrons. The zero-order valence-corrected chi connectivity index (χ0v) is 15.8. The van der Waals surface area contributed by atoms with Crippen LogP contribution in [-0.2, 0) is 11.3 Å². The fourth-order valence-corrected chi connectivity index (χ4v) is 3.77. The number of hydrogen-bond donors (Lipinski definition) is 0. The van der Waals surface area contributed by atoms with Gasteiger partial charge in [-0.2, -0.15) is 0 Å². The Morgan fingerprint density at radius 2 is 2.00 bits per heavy atom. The highest BCUT2D eigenvalue weighted by Gasteiger charge is 2.20. The van der Waals surface area contributed by atoms with Crippen molar-refractivity contribution in [2.45, 2.75) is 26.3 Å². The third-order valence-electron chi connectivity index (χ3n) is 5.31. The largest absolute Gasteiger partial charge is 0.381 e. The molecule has 0 amide bonds. The summed E-state index contributed by atoms with van der Waals surface area (Å²) in [6.45, 7) is 3.97. The van der Waals surface area contributed by atoms with Crippen LogP contribution >= 0.6 is 0 Å². The minimum Gasteiger partial charge on any atom is -0.381 e. The van der Waals surface area contributed by atoms with Gasteiger partial charge in [-0.1, -0.05) is 29.8 Å². The van der Waals surface area contributed by atoms with Gasteiger partial charge in [0.15, 0.2) is 5.78 Å². The number of rotatable bonds is 4. The van der Waals surface area contributed by atoms with E-state index in [0.717, 1.165) is 25.0 Å². The Balaban J connectivity index is 1.83. The molecule has 0 saturated carbocycles. The van der Waals surface area contributed by atoms with Gasteiger partial charge in [-0.3, -0.25) is 9.59 Å². The van der Waals surface area contributed by atoms with Crippen LogP contribution in [0.15, 0.2) is 53.5 Å². The van der Waals surface area contributed by atoms with Crippen molar-refractivity contribution in [2.24, 2.45) is 5.92 Å². The molecule has 1 aromatic heterocycles. The number of ether oxygens (including phenoxy) is 1. The van der Waals surface area contributed by atoms with E-state index in [1.165, 1.54) is 12.1 Å². The summed E-state index contributed by atoms with van der Waals surface area (Å²) < 4.78 is 21.3. The number of benzene rings is 2. The fourth-order valence-electron chi connectivity index (χ4n) is 3.77. The molecule has 1 unspecified atom stereocenters. The van der Waals surface area contributed by atoms with Gasteiger partial charge < -0.3 is 9.30 Å². The maximum absolute atomic E-state index is 13.9. The Morgan fingerprint density at radius 1 is 1.21 bits per heavy atom. The predicted molar refractivity (Wildman–Crippen MR) is 106 cm³/mol. The van der Waals surface area contributed by atoms with Gasteiger partial charge in [-0.15, -0.1) is 0 Å². The lowest BCUT2D eigenvalue weighted by molar-refractivity contribution is 0.0487. The summed E-state index contributed by atoms with van der Waals surface area (Å²) in [5, 5.41) is 0.231. The Morgan fingerprint density at radius 3 is 2.71 bits per heavy atom. The summed E-state index contributed by atoms with van der Waals surface area (Å²) in [6.07, 6.45) is 3.64. The molecule has 144 valence electrons. The van der Waals surface area contributed by atoms with Gasteiger partial charge in [0, 0.05) is 36.2 Å². The van der Waals surface area contributed by atoms with Crippen LogP contribution in [0.4, 0.5) is 4.39 Å². The molecule has 2 heterocycles. The normalized spacial score (nSPS) is 17.0. The number of carbonyl (C=O) groups excluding carboxylic acids is 1. The highest BCUT2D eigenvalue weighted by molar-refractivity contribution is 6.10. The van der Waals surface area contributed by atoms with E-state index in [-0.39, 0.29) is 16.7 Å². The zero-order chi connectivity index (χ0) is 19.7. The van der Waals surface area contributed by atoms with E-state index in [9.17, 15) is 14.0 Å². The lowest BCUT2D eigenvalue weighted by atomic mass is 9.99. The number of carbonyl (C=O) groups is 1. The highest BCUT2D eigenvalue weighted by atomic mass is 19.1. The minimum atomic E-state index is -0.489. The fraction of sp³-hybridized carbons (Fsp3) is 0.304. The quantitative estimate of drug-likeness (QED) is 0.641. The van der Waals surface area contributed by atoms with Crippen molar-refractivity contribution in [3.63, 3.8) is 0 Å². The number of fused-ring (bicyclic) bond motifs is 1. The maximum Gasteiger partial charge on any atom is 0.200 e. The standard InChI is InChI=1S/C23H22FNO3/c1-15-4-6-17(7-5-15)22(26)20-13-25(12-16-3-2-10-28-14-16)21-9-8-18(24)11-19(21)23(20)27/h4-9,11,13,16H,2-3,10,12,14H2,1H3. The Kier molecular flexibility index (Phi) is 5.09. The monoisotopic (exact) mass is 379 g/mol. The van der Waals surface area contributed by atoms with Crippen molar-refractivity contribution in [1.29, 1.82) is 0 Å². The van der Waals surface area contributed by atoms with E-state index in [0.29, 0.717) is 30.1 Å². The zero-order valence-electron chi connectivity index (χ0n) is 15.8. The van der Waals surface area contributed by atoms with Crippen molar-refractivity contribution in [3.05, 3.63) is 81.4 Å². The number of ketones is 1. The van der Waals surface area contributed by atoms with Crippen LogP contribution in [0.3, 0.4) is 0 Å². The van der Waals surface area contributed by atoms with Crippen LogP contribution in [0.1, 0.15) is 34.3 Å². The van der Waals surface area contributed by atoms with Crippen LogP contribution in [-0.4, -0.2) is 23.6 Å². The Hall–Kier alpha value is -2.79. The first-order chi connectivity index (χ1) is 13.5. The molecule has 0 bridgehead atoms. The van der Waals surface area contributed by atoms with E-state index in [1.54, 1.807) is 24.4 Å². The number of aryl methyl sites for hydroxylation is 1. The topological polar surface area (TPSA) is 48.3 Å². The summed E-state index contributed by atoms with van der Waals surface area (Å²) >= 11 is 0. The molecule has 4 nitrogen and oxygen atoms in total. The van der Waals surface area contributed by atoms with Crippen molar-refractivity contribution >= 4 is 16.7 Å². The number of nitrogens with zero attached hydrogens (tertiary/aromatic N) is 1. The van der Waals surface area contributed by atoms with E-state index in [1.807, 2.05) is 23.6 Å². The van der Waals surface area contributed by atoms with Crippen molar-refractivity contribution in [2.75, 3.05) is 13.2 Å². The third-order valence-corrected chi connectivity index (χ3v) is 5.31. The summed E-state index contributed by atoms with van der Waals surface area (Å²) in [6, 6.07) is 11.3. The molecule has 1 fully saturated rings. The molecular formula is C23H22FNO3. The van der Waals surface area contributed by atoms with E-state index >= 15 is 0 Å². The van der Waals surface area contributed by atoms with Crippen LogP contribution in [0.2, 0.25) is 0 Å². The van der Waals surface area contributed by atoms with E-state index < -0.39 is 11.2 Å². The van der Waals surface area contributed by atoms with Gasteiger partial charge in [0.1, 0.15) is 5.82 Å². The molecule has 0 spiro atoms. The van der Waals surface area contributed by atoms with Crippen LogP contribution in [0.25, 0.3) is 10.9 Å². The van der Waals surface area contributed by atoms with Gasteiger partial charge in [-0.25, -0.2) is 4.39 Å². The summed E-state index contributed by atoms with van der Waals surface area (Å²) in [5.41, 5.74) is 1.75. The number of halogens is 1. The van der Waals surface area contributed by atoms with Crippen molar-refractivity contribution in [3.8, 4) is 0 Å². The summed E-state index contributed by atoms with van der Waals surface area (Å²) in [4.78, 5) is 26.0. The lowest BCUT2D eigenvalue weighted by Gasteiger charge is -2.24. The minimum absolute atomic E-state index is 0.0682. The summed E-state index contributed by atoms with van der Waals surface area (Å²) in [5.74, 6) is -0.534. The molecule has 2 aromatic carbocycles. The van der Waals surface area contributed by atoms with Gasteiger partial charge in [-0.05, 0) is 38.0 Å². The van der Waals surface area contributed by atoms with Crippen molar-refractivity contribution in [1.82, 2.24) is 4.57 Å². The second kappa shape index (κ2) is 7.68. The molecule has 28 heavy (non-hydrogen) atoms. The number of hydrogen-bond acceptors (Lipinski definition) is 3.